The van der Waals surface area contributed by atoms with Gasteiger partial charge in [0.25, 0.3) is 0 Å². The molecular weight excluding hydrogens is 146 g/mol. The van der Waals surface area contributed by atoms with E-state index < -0.39 is 0 Å². The molecule has 0 bridgehead atoms. The molecule has 0 spiro atoms. The molecule has 12 heavy (non-hydrogen) atoms. The third kappa shape index (κ3) is 1.42. The summed E-state index contributed by atoms with van der Waals surface area (Å²) in [4.78, 5) is 2.61. The fraction of sp³-hybridized carbons (Fsp3) is 0.818. The van der Waals surface area contributed by atoms with Crippen LogP contribution in [0.3, 0.4) is 0 Å². The van der Waals surface area contributed by atoms with Crippen molar-refractivity contribution in [3.8, 4) is 0 Å². The first-order valence-corrected chi connectivity index (χ1v) is 5.11. The van der Waals surface area contributed by atoms with E-state index >= 15 is 0 Å². The van der Waals surface area contributed by atoms with E-state index in [2.05, 4.69) is 18.4 Å². The average molecular weight is 165 g/mol. The minimum atomic E-state index is 0.546. The van der Waals surface area contributed by atoms with Crippen molar-refractivity contribution in [3.05, 3.63) is 12.2 Å². The largest absolute Gasteiger partial charge is 0.302 e. The number of likely N-dealkylation sites (tertiary alicyclic amines) is 1. The standard InChI is InChI=1S/C11H19N/c1-10(2)11(5-6-11)9-12-7-3-4-8-12/h1,3-9H2,2H3. The van der Waals surface area contributed by atoms with Crippen LogP contribution in [0.2, 0.25) is 0 Å². The van der Waals surface area contributed by atoms with Gasteiger partial charge in [-0.2, -0.15) is 0 Å². The molecular formula is C11H19N. The fourth-order valence-corrected chi connectivity index (χ4v) is 2.24. The summed E-state index contributed by atoms with van der Waals surface area (Å²) < 4.78 is 0. The monoisotopic (exact) mass is 165 g/mol. The van der Waals surface area contributed by atoms with Crippen molar-refractivity contribution in [1.82, 2.24) is 4.90 Å². The van der Waals surface area contributed by atoms with Gasteiger partial charge in [-0.05, 0) is 45.7 Å². The number of hydrogen-bond acceptors (Lipinski definition) is 1. The highest BCUT2D eigenvalue weighted by Crippen LogP contribution is 2.51. The Morgan fingerprint density at radius 2 is 1.92 bits per heavy atom. The molecule has 0 aromatic rings. The van der Waals surface area contributed by atoms with Crippen molar-refractivity contribution in [2.24, 2.45) is 5.41 Å². The number of nitrogens with zero attached hydrogens (tertiary/aromatic N) is 1. The van der Waals surface area contributed by atoms with Gasteiger partial charge in [0.05, 0.1) is 0 Å². The molecule has 0 radical (unpaired) electrons. The molecule has 1 saturated heterocycles. The zero-order valence-corrected chi connectivity index (χ0v) is 8.10. The third-order valence-corrected chi connectivity index (χ3v) is 3.48. The SMILES string of the molecule is C=C(C)C1(CN2CCCC2)CC1. The van der Waals surface area contributed by atoms with Gasteiger partial charge in [0.1, 0.15) is 0 Å². The van der Waals surface area contributed by atoms with Gasteiger partial charge < -0.3 is 4.90 Å². The Hall–Kier alpha value is -0.300. The van der Waals surface area contributed by atoms with Crippen LogP contribution in [0.4, 0.5) is 0 Å². The second kappa shape index (κ2) is 2.88. The van der Waals surface area contributed by atoms with E-state index in [1.165, 1.54) is 50.9 Å². The molecule has 2 aliphatic rings. The molecule has 0 unspecified atom stereocenters. The molecule has 0 amide bonds. The Balaban J connectivity index is 1.89. The Labute approximate surface area is 75.4 Å². The van der Waals surface area contributed by atoms with E-state index in [0.29, 0.717) is 5.41 Å². The van der Waals surface area contributed by atoms with E-state index in [0.717, 1.165) is 0 Å². The maximum Gasteiger partial charge on any atom is 0.00752 e. The number of hydrogen-bond donors (Lipinski definition) is 0. The maximum atomic E-state index is 4.10. The van der Waals surface area contributed by atoms with Crippen molar-refractivity contribution in [2.45, 2.75) is 32.6 Å². The Bertz CT molecular complexity index is 185. The Morgan fingerprint density at radius 3 is 2.33 bits per heavy atom. The van der Waals surface area contributed by atoms with Crippen LogP contribution in [-0.4, -0.2) is 24.5 Å². The third-order valence-electron chi connectivity index (χ3n) is 3.48. The van der Waals surface area contributed by atoms with Crippen LogP contribution in [-0.2, 0) is 0 Å². The molecule has 1 aliphatic carbocycles. The summed E-state index contributed by atoms with van der Waals surface area (Å²) in [6.07, 6.45) is 5.59. The van der Waals surface area contributed by atoms with E-state index in [-0.39, 0.29) is 0 Å². The lowest BCUT2D eigenvalue weighted by molar-refractivity contribution is 0.286. The molecule has 1 saturated carbocycles. The highest BCUT2D eigenvalue weighted by molar-refractivity contribution is 5.17. The highest BCUT2D eigenvalue weighted by atomic mass is 15.1. The molecule has 1 heterocycles. The van der Waals surface area contributed by atoms with E-state index in [1.807, 2.05) is 0 Å². The van der Waals surface area contributed by atoms with Crippen molar-refractivity contribution < 1.29 is 0 Å². The normalized spacial score (nSPS) is 27.4. The molecule has 0 N–H and O–H groups in total. The molecule has 2 rings (SSSR count). The van der Waals surface area contributed by atoms with Crippen LogP contribution in [0.15, 0.2) is 12.2 Å². The van der Waals surface area contributed by atoms with Crippen molar-refractivity contribution in [3.63, 3.8) is 0 Å². The first-order chi connectivity index (χ1) is 5.73. The molecule has 0 aromatic heterocycles. The minimum absolute atomic E-state index is 0.546. The Morgan fingerprint density at radius 1 is 1.33 bits per heavy atom. The van der Waals surface area contributed by atoms with Gasteiger partial charge in [0.15, 0.2) is 0 Å². The van der Waals surface area contributed by atoms with E-state index in [9.17, 15) is 0 Å². The lowest BCUT2D eigenvalue weighted by Gasteiger charge is -2.22. The predicted molar refractivity (Wildman–Crippen MR) is 52.2 cm³/mol. The molecule has 1 aliphatic heterocycles. The second-order valence-corrected chi connectivity index (χ2v) is 4.54. The van der Waals surface area contributed by atoms with Crippen LogP contribution < -0.4 is 0 Å². The summed E-state index contributed by atoms with van der Waals surface area (Å²) in [7, 11) is 0. The second-order valence-electron chi connectivity index (χ2n) is 4.54. The molecule has 1 nitrogen and oxygen atoms in total. The Kier molecular flexibility index (Phi) is 1.99. The van der Waals surface area contributed by atoms with E-state index in [1.54, 1.807) is 0 Å². The lowest BCUT2D eigenvalue weighted by atomic mass is 9.98. The van der Waals surface area contributed by atoms with Crippen molar-refractivity contribution in [1.29, 1.82) is 0 Å². The lowest BCUT2D eigenvalue weighted by Crippen LogP contribution is -2.28. The molecule has 2 fully saturated rings. The van der Waals surface area contributed by atoms with Gasteiger partial charge in [0.2, 0.25) is 0 Å². The van der Waals surface area contributed by atoms with Crippen LogP contribution in [0.1, 0.15) is 32.6 Å². The van der Waals surface area contributed by atoms with Crippen molar-refractivity contribution in [2.75, 3.05) is 19.6 Å². The van der Waals surface area contributed by atoms with Crippen LogP contribution >= 0.6 is 0 Å². The quantitative estimate of drug-likeness (QED) is 0.581. The number of rotatable bonds is 3. The average Bonchev–Trinajstić information content (AvgIpc) is 2.60. The maximum absolute atomic E-state index is 4.10. The zero-order valence-electron chi connectivity index (χ0n) is 8.10. The summed E-state index contributed by atoms with van der Waals surface area (Å²) in [5.74, 6) is 0. The van der Waals surface area contributed by atoms with Gasteiger partial charge in [0, 0.05) is 12.0 Å². The fourth-order valence-electron chi connectivity index (χ4n) is 2.24. The van der Waals surface area contributed by atoms with Gasteiger partial charge >= 0.3 is 0 Å². The minimum Gasteiger partial charge on any atom is -0.302 e. The van der Waals surface area contributed by atoms with Crippen LogP contribution in [0, 0.1) is 5.41 Å². The molecule has 0 atom stereocenters. The summed E-state index contributed by atoms with van der Waals surface area (Å²) >= 11 is 0. The van der Waals surface area contributed by atoms with Crippen LogP contribution in [0.25, 0.3) is 0 Å². The first-order valence-electron chi connectivity index (χ1n) is 5.11. The first kappa shape index (κ1) is 8.31. The smallest absolute Gasteiger partial charge is 0.00752 e. The van der Waals surface area contributed by atoms with Gasteiger partial charge in [-0.3, -0.25) is 0 Å². The zero-order chi connectivity index (χ0) is 8.60. The summed E-state index contributed by atoms with van der Waals surface area (Å²) in [6, 6.07) is 0. The molecule has 1 heteroatoms. The summed E-state index contributed by atoms with van der Waals surface area (Å²) in [5, 5.41) is 0. The van der Waals surface area contributed by atoms with Gasteiger partial charge in [-0.15, -0.1) is 0 Å². The topological polar surface area (TPSA) is 3.24 Å². The highest BCUT2D eigenvalue weighted by Gasteiger charge is 2.44. The van der Waals surface area contributed by atoms with Crippen molar-refractivity contribution >= 4 is 0 Å². The summed E-state index contributed by atoms with van der Waals surface area (Å²) in [5.41, 5.74) is 1.96. The predicted octanol–water partition coefficient (Wildman–Crippen LogP) is 2.44. The van der Waals surface area contributed by atoms with Crippen LogP contribution in [0.5, 0.6) is 0 Å². The molecule has 68 valence electrons. The van der Waals surface area contributed by atoms with Gasteiger partial charge in [-0.1, -0.05) is 12.2 Å². The van der Waals surface area contributed by atoms with Gasteiger partial charge in [-0.25, -0.2) is 0 Å². The van der Waals surface area contributed by atoms with E-state index in [4.69, 9.17) is 0 Å². The summed E-state index contributed by atoms with van der Waals surface area (Å²) in [6.45, 7) is 10.3. The molecule has 0 aromatic carbocycles.